The Hall–Kier alpha value is -4.01. The third-order valence-electron chi connectivity index (χ3n) is 5.38. The number of hydrogen-bond donors (Lipinski definition) is 1. The zero-order valence-electron chi connectivity index (χ0n) is 19.4. The van der Waals surface area contributed by atoms with Crippen LogP contribution in [0.3, 0.4) is 0 Å². The molecule has 182 valence electrons. The van der Waals surface area contributed by atoms with E-state index < -0.39 is 10.0 Å². The van der Waals surface area contributed by atoms with Crippen LogP contribution in [0.5, 0.6) is 0 Å². The molecule has 0 aliphatic carbocycles. The molecule has 1 amide bonds. The van der Waals surface area contributed by atoms with Gasteiger partial charge in [0.1, 0.15) is 0 Å². The minimum Gasteiger partial charge on any atom is -0.267 e. The molecule has 3 aromatic carbocycles. The number of halogens is 1. The van der Waals surface area contributed by atoms with Crippen LogP contribution in [0.1, 0.15) is 27.0 Å². The van der Waals surface area contributed by atoms with Gasteiger partial charge in [-0.2, -0.15) is 5.10 Å². The number of aryl methyl sites for hydroxylation is 1. The fourth-order valence-electron chi connectivity index (χ4n) is 3.48. The van der Waals surface area contributed by atoms with Gasteiger partial charge in [0.15, 0.2) is 0 Å². The van der Waals surface area contributed by atoms with Crippen molar-refractivity contribution in [2.75, 3.05) is 4.31 Å². The van der Waals surface area contributed by atoms with Crippen LogP contribution in [0.2, 0.25) is 5.02 Å². The summed E-state index contributed by atoms with van der Waals surface area (Å²) in [7, 11) is -3.89. The predicted molar refractivity (Wildman–Crippen MR) is 142 cm³/mol. The molecule has 0 radical (unpaired) electrons. The maximum atomic E-state index is 13.6. The van der Waals surface area contributed by atoms with E-state index in [1.165, 1.54) is 10.5 Å². The highest BCUT2D eigenvalue weighted by Gasteiger charge is 2.26. The minimum atomic E-state index is -3.89. The molecule has 0 atom stereocenters. The number of carbonyl (C=O) groups excluding carboxylic acids is 1. The number of carbonyl (C=O) groups is 1. The lowest BCUT2D eigenvalue weighted by Crippen LogP contribution is -2.31. The standard InChI is InChI=1S/C27H23ClN4O3S/c1-20-9-14-24(28)16-26(20)32(36(34,35)25-7-3-2-4-8-25)19-21-10-12-23(13-11-21)27(33)31-30-18-22-6-5-15-29-17-22/h2-18H,19H2,1H3,(H,31,33)/b30-18-. The summed E-state index contributed by atoms with van der Waals surface area (Å²) in [6.45, 7) is 1.89. The van der Waals surface area contributed by atoms with Crippen LogP contribution in [0, 0.1) is 6.92 Å². The van der Waals surface area contributed by atoms with Crippen molar-refractivity contribution < 1.29 is 13.2 Å². The number of aromatic nitrogens is 1. The number of sulfonamides is 1. The molecule has 0 aliphatic heterocycles. The van der Waals surface area contributed by atoms with Gasteiger partial charge in [0, 0.05) is 28.5 Å². The van der Waals surface area contributed by atoms with Gasteiger partial charge >= 0.3 is 0 Å². The quantitative estimate of drug-likeness (QED) is 0.256. The van der Waals surface area contributed by atoms with Gasteiger partial charge in [-0.25, -0.2) is 13.8 Å². The number of nitrogens with one attached hydrogen (secondary N) is 1. The van der Waals surface area contributed by atoms with Crippen molar-refractivity contribution in [3.05, 3.63) is 125 Å². The third-order valence-corrected chi connectivity index (χ3v) is 7.39. The number of benzene rings is 3. The molecule has 4 rings (SSSR count). The number of rotatable bonds is 8. The second-order valence-electron chi connectivity index (χ2n) is 7.94. The van der Waals surface area contributed by atoms with Gasteiger partial charge in [-0.3, -0.25) is 14.1 Å². The van der Waals surface area contributed by atoms with E-state index in [9.17, 15) is 13.2 Å². The summed E-state index contributed by atoms with van der Waals surface area (Å²) in [6.07, 6.45) is 4.78. The molecule has 0 spiro atoms. The number of anilines is 1. The molecule has 4 aromatic rings. The van der Waals surface area contributed by atoms with Crippen molar-refractivity contribution in [3.63, 3.8) is 0 Å². The smallest absolute Gasteiger partial charge is 0.267 e. The number of pyridine rings is 1. The number of nitrogens with zero attached hydrogens (tertiary/aromatic N) is 3. The second kappa shape index (κ2) is 11.2. The summed E-state index contributed by atoms with van der Waals surface area (Å²) in [4.78, 5) is 16.6. The van der Waals surface area contributed by atoms with Crippen LogP contribution in [-0.2, 0) is 16.6 Å². The second-order valence-corrected chi connectivity index (χ2v) is 10.2. The van der Waals surface area contributed by atoms with E-state index in [1.54, 1.807) is 91.3 Å². The lowest BCUT2D eigenvalue weighted by molar-refractivity contribution is 0.0955. The molecule has 0 fully saturated rings. The highest BCUT2D eigenvalue weighted by Crippen LogP contribution is 2.31. The molecular formula is C27H23ClN4O3S. The van der Waals surface area contributed by atoms with Gasteiger partial charge in [0.05, 0.1) is 23.3 Å². The van der Waals surface area contributed by atoms with Gasteiger partial charge in [0.2, 0.25) is 0 Å². The van der Waals surface area contributed by atoms with E-state index in [4.69, 9.17) is 11.6 Å². The van der Waals surface area contributed by atoms with Crippen LogP contribution in [0.25, 0.3) is 0 Å². The van der Waals surface area contributed by atoms with Crippen molar-refractivity contribution in [2.45, 2.75) is 18.4 Å². The van der Waals surface area contributed by atoms with Gasteiger partial charge in [-0.05, 0) is 60.5 Å². The molecule has 1 aromatic heterocycles. The summed E-state index contributed by atoms with van der Waals surface area (Å²) in [5.41, 5.74) is 5.56. The highest BCUT2D eigenvalue weighted by atomic mass is 35.5. The molecule has 36 heavy (non-hydrogen) atoms. The Bertz CT molecular complexity index is 1480. The number of hydrazone groups is 1. The molecule has 1 N–H and O–H groups in total. The summed E-state index contributed by atoms with van der Waals surface area (Å²) in [5.74, 6) is -0.388. The molecule has 0 saturated carbocycles. The maximum absolute atomic E-state index is 13.6. The molecule has 9 heteroatoms. The van der Waals surface area contributed by atoms with Crippen LogP contribution < -0.4 is 9.73 Å². The van der Waals surface area contributed by atoms with E-state index in [0.717, 1.165) is 11.1 Å². The first-order valence-corrected chi connectivity index (χ1v) is 12.8. The first kappa shape index (κ1) is 25.1. The first-order chi connectivity index (χ1) is 17.3. The van der Waals surface area contributed by atoms with Crippen LogP contribution in [0.4, 0.5) is 5.69 Å². The van der Waals surface area contributed by atoms with Gasteiger partial charge in [-0.15, -0.1) is 0 Å². The summed E-state index contributed by atoms with van der Waals surface area (Å²) < 4.78 is 28.5. The predicted octanol–water partition coefficient (Wildman–Crippen LogP) is 5.20. The molecular weight excluding hydrogens is 496 g/mol. The Kier molecular flexibility index (Phi) is 7.77. The van der Waals surface area contributed by atoms with Gasteiger partial charge in [-0.1, -0.05) is 54.1 Å². The lowest BCUT2D eigenvalue weighted by Gasteiger charge is -2.26. The lowest BCUT2D eigenvalue weighted by atomic mass is 10.1. The Morgan fingerprint density at radius 3 is 2.47 bits per heavy atom. The zero-order chi connectivity index (χ0) is 25.5. The van der Waals surface area contributed by atoms with E-state index >= 15 is 0 Å². The van der Waals surface area contributed by atoms with Crippen LogP contribution in [-0.4, -0.2) is 25.5 Å². The third kappa shape index (κ3) is 5.97. The maximum Gasteiger partial charge on any atom is 0.271 e. The number of hydrogen-bond acceptors (Lipinski definition) is 5. The SMILES string of the molecule is Cc1ccc(Cl)cc1N(Cc1ccc(C(=O)N/N=C\c2cccnc2)cc1)S(=O)(=O)c1ccccc1. The molecule has 0 bridgehead atoms. The molecule has 0 unspecified atom stereocenters. The van der Waals surface area contributed by atoms with Crippen molar-refractivity contribution >= 4 is 39.4 Å². The zero-order valence-corrected chi connectivity index (χ0v) is 20.9. The van der Waals surface area contributed by atoms with Crippen molar-refractivity contribution in [3.8, 4) is 0 Å². The largest absolute Gasteiger partial charge is 0.271 e. The normalized spacial score (nSPS) is 11.4. The molecule has 1 heterocycles. The molecule has 0 aliphatic rings. The fourth-order valence-corrected chi connectivity index (χ4v) is 5.18. The summed E-state index contributed by atoms with van der Waals surface area (Å²) in [5, 5.41) is 4.38. The monoisotopic (exact) mass is 518 g/mol. The van der Waals surface area contributed by atoms with Crippen LogP contribution >= 0.6 is 11.6 Å². The number of amides is 1. The van der Waals surface area contributed by atoms with E-state index in [-0.39, 0.29) is 17.3 Å². The van der Waals surface area contributed by atoms with E-state index in [1.807, 2.05) is 13.0 Å². The van der Waals surface area contributed by atoms with Crippen LogP contribution in [0.15, 0.2) is 107 Å². The highest BCUT2D eigenvalue weighted by molar-refractivity contribution is 7.92. The van der Waals surface area contributed by atoms with Gasteiger partial charge < -0.3 is 0 Å². The minimum absolute atomic E-state index is 0.0550. The topological polar surface area (TPSA) is 91.7 Å². The Morgan fingerprint density at radius 2 is 1.78 bits per heavy atom. The van der Waals surface area contributed by atoms with Crippen molar-refractivity contribution in [2.24, 2.45) is 5.10 Å². The van der Waals surface area contributed by atoms with Crippen molar-refractivity contribution in [1.82, 2.24) is 10.4 Å². The summed E-state index contributed by atoms with van der Waals surface area (Å²) in [6, 6.07) is 23.7. The van der Waals surface area contributed by atoms with E-state index in [2.05, 4.69) is 15.5 Å². The average Bonchev–Trinajstić information content (AvgIpc) is 2.90. The Morgan fingerprint density at radius 1 is 1.03 bits per heavy atom. The fraction of sp³-hybridized carbons (Fsp3) is 0.0741. The van der Waals surface area contributed by atoms with E-state index in [0.29, 0.717) is 21.8 Å². The van der Waals surface area contributed by atoms with Crippen molar-refractivity contribution in [1.29, 1.82) is 0 Å². The average molecular weight is 519 g/mol. The first-order valence-electron chi connectivity index (χ1n) is 11.0. The Labute approximate surface area is 215 Å². The Balaban J connectivity index is 1.57. The molecule has 7 nitrogen and oxygen atoms in total. The summed E-state index contributed by atoms with van der Waals surface area (Å²) >= 11 is 6.22. The molecule has 0 saturated heterocycles. The van der Waals surface area contributed by atoms with Gasteiger partial charge in [0.25, 0.3) is 15.9 Å².